The van der Waals surface area contributed by atoms with Crippen LogP contribution in [0, 0.1) is 6.67 Å². The Morgan fingerprint density at radius 1 is 0.682 bits per heavy atom. The van der Waals surface area contributed by atoms with Crippen LogP contribution in [0.15, 0.2) is 134 Å². The smallest absolute Gasteiger partial charge is 0.181 e. The molecular weight excluding hydrogens is 542 g/mol. The summed E-state index contributed by atoms with van der Waals surface area (Å²) in [4.78, 5) is 7.17. The Labute approximate surface area is 255 Å². The highest BCUT2D eigenvalue weighted by molar-refractivity contribution is 6.08. The van der Waals surface area contributed by atoms with Gasteiger partial charge in [-0.25, -0.2) is 4.98 Å². The monoisotopic (exact) mass is 570 g/mol. The average molecular weight is 571 g/mol. The van der Waals surface area contributed by atoms with Gasteiger partial charge in [-0.05, 0) is 60.7 Å². The van der Waals surface area contributed by atoms with Crippen LogP contribution >= 0.6 is 0 Å². The van der Waals surface area contributed by atoms with Gasteiger partial charge in [-0.15, -0.1) is 0 Å². The van der Waals surface area contributed by atoms with Crippen LogP contribution in [0.2, 0.25) is 0 Å². The van der Waals surface area contributed by atoms with E-state index in [1.807, 2.05) is 24.4 Å². The van der Waals surface area contributed by atoms with Crippen LogP contribution in [0.3, 0.4) is 0 Å². The third kappa shape index (κ3) is 3.03. The topological polar surface area (TPSA) is 30.3 Å². The van der Waals surface area contributed by atoms with E-state index in [-0.39, 0.29) is 0 Å². The number of hydrogen-bond acceptors (Lipinski definition) is 3. The van der Waals surface area contributed by atoms with Crippen molar-refractivity contribution in [2.24, 2.45) is 0 Å². The number of quaternary nitrogens is 2. The first-order chi connectivity index (χ1) is 21.6. The Kier molecular flexibility index (Phi) is 4.57. The number of fused-ring (bicyclic) bond motifs is 5. The van der Waals surface area contributed by atoms with E-state index in [4.69, 9.17) is 9.72 Å². The summed E-state index contributed by atoms with van der Waals surface area (Å²) < 4.78 is 10.4. The van der Waals surface area contributed by atoms with Gasteiger partial charge in [0, 0.05) is 40.9 Å². The number of rotatable bonds is 3. The highest BCUT2D eigenvalue weighted by Gasteiger charge is 2.59. The highest BCUT2D eigenvalue weighted by Crippen LogP contribution is 2.61. The molecule has 210 valence electrons. The Hall–Kier alpha value is -5.43. The second-order valence-corrected chi connectivity index (χ2v) is 12.2. The largest absolute Gasteiger partial charge is 0.453 e. The zero-order chi connectivity index (χ0) is 29.0. The van der Waals surface area contributed by atoms with Crippen LogP contribution in [0.4, 0.5) is 34.1 Å². The number of ether oxygens (including phenoxy) is 1. The maximum Gasteiger partial charge on any atom is 0.181 e. The number of hydrogen-bond donors (Lipinski definition) is 0. The Bertz CT molecular complexity index is 2260. The molecule has 2 bridgehead atoms. The molecular formula is C38H28N5O+. The zero-order valence-corrected chi connectivity index (χ0v) is 24.1. The molecule has 4 aliphatic heterocycles. The Morgan fingerprint density at radius 2 is 1.45 bits per heavy atom. The molecule has 0 aliphatic carbocycles. The lowest BCUT2D eigenvalue weighted by molar-refractivity contribution is 0.157. The normalized spacial score (nSPS) is 21.0. The lowest BCUT2D eigenvalue weighted by atomic mass is 10.1. The summed E-state index contributed by atoms with van der Waals surface area (Å²) in [6.45, 7) is 3.43. The van der Waals surface area contributed by atoms with Crippen molar-refractivity contribution in [3.8, 4) is 17.2 Å². The van der Waals surface area contributed by atoms with E-state index in [1.54, 1.807) is 0 Å². The van der Waals surface area contributed by atoms with Crippen LogP contribution in [0.5, 0.6) is 11.5 Å². The van der Waals surface area contributed by atoms with Gasteiger partial charge >= 0.3 is 0 Å². The molecule has 5 aromatic carbocycles. The molecule has 1 fully saturated rings. The molecule has 7 aromatic rings. The van der Waals surface area contributed by atoms with Crippen molar-refractivity contribution >= 4 is 56.1 Å². The van der Waals surface area contributed by atoms with Crippen LogP contribution in [-0.4, -0.2) is 23.3 Å². The number of benzene rings is 5. The predicted octanol–water partition coefficient (Wildman–Crippen LogP) is 9.43. The number of para-hydroxylation sites is 5. The minimum atomic E-state index is 0.756. The minimum absolute atomic E-state index is 0.756. The van der Waals surface area contributed by atoms with Crippen molar-refractivity contribution in [3.05, 3.63) is 140 Å². The van der Waals surface area contributed by atoms with E-state index in [0.29, 0.717) is 0 Å². The van der Waals surface area contributed by atoms with E-state index in [0.717, 1.165) is 66.4 Å². The quantitative estimate of drug-likeness (QED) is 0.157. The fourth-order valence-electron chi connectivity index (χ4n) is 7.77. The minimum Gasteiger partial charge on any atom is -0.453 e. The molecule has 4 aliphatic rings. The molecule has 6 nitrogen and oxygen atoms in total. The molecule has 0 saturated carbocycles. The lowest BCUT2D eigenvalue weighted by Crippen LogP contribution is -2.68. The molecule has 44 heavy (non-hydrogen) atoms. The molecule has 2 atom stereocenters. The standard InChI is InChI=1S/C38H28N5O/c1-42-24-43(25-42,35-17-6-5-16-34(35)42)28-11-8-10-26(22-28)40-32-15-4-7-18-36(32)44-37-20-19-27(23-33(37)40)41-31-14-3-2-12-29(31)30-13-9-21-39-38(30)41/h2-24H,25H2,1H3/q+1/t42-,43+/m0/s1. The summed E-state index contributed by atoms with van der Waals surface area (Å²) in [6, 6.07) is 45.3. The Morgan fingerprint density at radius 3 is 2.39 bits per heavy atom. The van der Waals surface area contributed by atoms with Crippen molar-refractivity contribution in [2.45, 2.75) is 0 Å². The van der Waals surface area contributed by atoms with Crippen LogP contribution in [0.25, 0.3) is 27.6 Å². The molecule has 0 amide bonds. The third-order valence-electron chi connectivity index (χ3n) is 9.58. The summed E-state index contributed by atoms with van der Waals surface area (Å²) in [5, 5.41) is 2.33. The average Bonchev–Trinajstić information content (AvgIpc) is 3.63. The van der Waals surface area contributed by atoms with Crippen molar-refractivity contribution in [1.29, 1.82) is 0 Å². The first-order valence-corrected chi connectivity index (χ1v) is 15.0. The van der Waals surface area contributed by atoms with E-state index >= 15 is 0 Å². The number of anilines is 3. The van der Waals surface area contributed by atoms with Gasteiger partial charge in [0.2, 0.25) is 0 Å². The SMILES string of the molecule is C[N@+]12[CH-][N@+](c3cccc(N4c5ccccc5Oc5ccc(-n6c7ccccc7c7cccnc76)cc54)c3)(C1)c1ccccc12. The molecule has 6 heteroatoms. The maximum atomic E-state index is 6.51. The van der Waals surface area contributed by atoms with Crippen LogP contribution in [-0.2, 0) is 0 Å². The van der Waals surface area contributed by atoms with Gasteiger partial charge in [0.1, 0.15) is 11.3 Å². The third-order valence-corrected chi connectivity index (χ3v) is 9.58. The molecule has 1 saturated heterocycles. The zero-order valence-electron chi connectivity index (χ0n) is 24.1. The van der Waals surface area contributed by atoms with Gasteiger partial charge in [0.05, 0.1) is 36.3 Å². The second kappa shape index (κ2) is 8.35. The highest BCUT2D eigenvalue weighted by atomic mass is 16.5. The summed E-state index contributed by atoms with van der Waals surface area (Å²) in [6.07, 6.45) is 1.87. The predicted molar refractivity (Wildman–Crippen MR) is 178 cm³/mol. The molecule has 2 aromatic heterocycles. The Balaban J connectivity index is 1.17. The molecule has 0 spiro atoms. The summed E-state index contributed by atoms with van der Waals surface area (Å²) >= 11 is 0. The molecule has 11 rings (SSSR count). The number of pyridine rings is 1. The van der Waals surface area contributed by atoms with Crippen molar-refractivity contribution in [3.63, 3.8) is 0 Å². The van der Waals surface area contributed by atoms with Gasteiger partial charge in [-0.2, -0.15) is 0 Å². The summed E-state index contributed by atoms with van der Waals surface area (Å²) in [7, 11) is 2.30. The first kappa shape index (κ1) is 24.1. The number of nitrogens with zero attached hydrogens (tertiary/aromatic N) is 5. The molecule has 6 heterocycles. The van der Waals surface area contributed by atoms with Gasteiger partial charge in [0.15, 0.2) is 29.5 Å². The van der Waals surface area contributed by atoms with E-state index < -0.39 is 0 Å². The van der Waals surface area contributed by atoms with Crippen molar-refractivity contribution < 1.29 is 4.74 Å². The fourth-order valence-corrected chi connectivity index (χ4v) is 7.77. The van der Waals surface area contributed by atoms with Crippen LogP contribution in [0.1, 0.15) is 0 Å². The number of aromatic nitrogens is 2. The maximum absolute atomic E-state index is 6.51. The van der Waals surface area contributed by atoms with Gasteiger partial charge in [-0.1, -0.05) is 48.5 Å². The summed E-state index contributed by atoms with van der Waals surface area (Å²) in [5.74, 6) is 1.67. The first-order valence-electron chi connectivity index (χ1n) is 15.0. The second-order valence-electron chi connectivity index (χ2n) is 12.2. The molecule has 0 unspecified atom stereocenters. The summed E-state index contributed by atoms with van der Waals surface area (Å²) in [5.41, 5.74) is 10.2. The lowest BCUT2D eigenvalue weighted by Gasteiger charge is -2.55. The van der Waals surface area contributed by atoms with Crippen LogP contribution < -0.4 is 18.6 Å². The molecule has 0 radical (unpaired) electrons. The van der Waals surface area contributed by atoms with Gasteiger partial charge in [0.25, 0.3) is 0 Å². The van der Waals surface area contributed by atoms with E-state index in [2.05, 4.69) is 132 Å². The van der Waals surface area contributed by atoms with Crippen molar-refractivity contribution in [2.75, 3.05) is 18.6 Å². The fraction of sp³-hybridized carbons (Fsp3) is 0.0526. The van der Waals surface area contributed by atoms with Crippen molar-refractivity contribution in [1.82, 2.24) is 18.5 Å². The van der Waals surface area contributed by atoms with Gasteiger partial charge < -0.3 is 14.1 Å². The van der Waals surface area contributed by atoms with E-state index in [1.165, 1.54) is 22.4 Å². The molecule has 0 N–H and O–H groups in total. The van der Waals surface area contributed by atoms with Gasteiger partial charge in [-0.3, -0.25) is 9.05 Å². The van der Waals surface area contributed by atoms with E-state index in [9.17, 15) is 0 Å².